The van der Waals surface area contributed by atoms with Gasteiger partial charge in [0.1, 0.15) is 5.79 Å². The summed E-state index contributed by atoms with van der Waals surface area (Å²) < 4.78 is 11.4. The summed E-state index contributed by atoms with van der Waals surface area (Å²) in [5, 5.41) is 0. The molecule has 0 amide bonds. The Morgan fingerprint density at radius 3 is 2.46 bits per heavy atom. The predicted molar refractivity (Wildman–Crippen MR) is 46.6 cm³/mol. The molecule has 1 saturated carbocycles. The molecule has 1 aliphatic heterocycles. The van der Waals surface area contributed by atoms with Gasteiger partial charge in [0.15, 0.2) is 0 Å². The first kappa shape index (κ1) is 12.1. The molecule has 2 aliphatic rings. The fourth-order valence-electron chi connectivity index (χ4n) is 2.52. The summed E-state index contributed by atoms with van der Waals surface area (Å²) in [7, 11) is 0. The summed E-state index contributed by atoms with van der Waals surface area (Å²) >= 11 is 0. The van der Waals surface area contributed by atoms with Crippen LogP contribution in [0.4, 0.5) is 0 Å². The molecule has 1 heterocycles. The quantitative estimate of drug-likeness (QED) is 0.620. The Labute approximate surface area is 106 Å². The fourth-order valence-corrected chi connectivity index (χ4v) is 2.52. The average Bonchev–Trinajstić information content (AvgIpc) is 2.33. The molecule has 1 aliphatic carbocycles. The number of rotatable bonds is 0. The molecule has 0 bridgehead atoms. The van der Waals surface area contributed by atoms with E-state index < -0.39 is 0 Å². The minimum atomic E-state index is -0.220. The van der Waals surface area contributed by atoms with Crippen LogP contribution in [0.3, 0.4) is 0 Å². The van der Waals surface area contributed by atoms with Crippen molar-refractivity contribution < 1.29 is 42.2 Å². The molecule has 2 nitrogen and oxygen atoms in total. The normalized spacial score (nSPS) is 33.2. The van der Waals surface area contributed by atoms with E-state index in [4.69, 9.17) is 9.47 Å². The maximum atomic E-state index is 5.68. The molecule has 13 heavy (non-hydrogen) atoms. The first-order valence-corrected chi connectivity index (χ1v) is 4.79. The molecule has 1 spiro atoms. The Bertz CT molecular complexity index is 154. The summed E-state index contributed by atoms with van der Waals surface area (Å²) in [6.45, 7) is 6.04. The molecular formula is C10H17O2Y+2. The molecule has 0 aromatic carbocycles. The molecule has 0 N–H and O–H groups in total. The second-order valence-corrected chi connectivity index (χ2v) is 4.25. The molecule has 3 heteroatoms. The van der Waals surface area contributed by atoms with E-state index in [-0.39, 0.29) is 38.5 Å². The van der Waals surface area contributed by atoms with Crippen LogP contribution in [0.25, 0.3) is 0 Å². The van der Waals surface area contributed by atoms with Crippen LogP contribution in [0.2, 0.25) is 0 Å². The topological polar surface area (TPSA) is 18.5 Å². The van der Waals surface area contributed by atoms with Crippen molar-refractivity contribution in [1.29, 1.82) is 0 Å². The van der Waals surface area contributed by atoms with E-state index in [9.17, 15) is 0 Å². The van der Waals surface area contributed by atoms with E-state index in [1.807, 2.05) is 0 Å². The SMILES string of the molecule is C[C-]1CC(C)CC2(C1)OCCO2.[Y+3]. The molecule has 0 aromatic heterocycles. The third-order valence-electron chi connectivity index (χ3n) is 2.74. The van der Waals surface area contributed by atoms with Gasteiger partial charge < -0.3 is 15.4 Å². The van der Waals surface area contributed by atoms with E-state index in [1.165, 1.54) is 12.3 Å². The fraction of sp³-hybridized carbons (Fsp3) is 0.900. The van der Waals surface area contributed by atoms with Crippen LogP contribution in [-0.4, -0.2) is 19.0 Å². The Morgan fingerprint density at radius 2 is 1.92 bits per heavy atom. The van der Waals surface area contributed by atoms with Gasteiger partial charge >= 0.3 is 32.7 Å². The minimum Gasteiger partial charge on any atom is -0.350 e. The minimum absolute atomic E-state index is 0. The average molecular weight is 258 g/mol. The van der Waals surface area contributed by atoms with E-state index in [2.05, 4.69) is 13.8 Å². The van der Waals surface area contributed by atoms with Gasteiger partial charge in [-0.25, -0.2) is 0 Å². The van der Waals surface area contributed by atoms with Gasteiger partial charge in [0.25, 0.3) is 0 Å². The molecular weight excluding hydrogens is 241 g/mol. The summed E-state index contributed by atoms with van der Waals surface area (Å²) in [5.74, 6) is 2.02. The maximum Gasteiger partial charge on any atom is 3.00 e. The largest absolute Gasteiger partial charge is 3.00 e. The van der Waals surface area contributed by atoms with Crippen molar-refractivity contribution in [2.45, 2.75) is 38.9 Å². The van der Waals surface area contributed by atoms with Crippen LogP contribution in [0.5, 0.6) is 0 Å². The van der Waals surface area contributed by atoms with Gasteiger partial charge in [-0.1, -0.05) is 12.8 Å². The zero-order chi connectivity index (χ0) is 8.60. The molecule has 2 rings (SSSR count). The first-order valence-electron chi connectivity index (χ1n) is 4.79. The maximum absolute atomic E-state index is 5.68. The Hall–Kier alpha value is 1.02. The second-order valence-electron chi connectivity index (χ2n) is 4.25. The van der Waals surface area contributed by atoms with Gasteiger partial charge in [-0.05, 0) is 6.42 Å². The predicted octanol–water partition coefficient (Wildman–Crippen LogP) is 2.14. The summed E-state index contributed by atoms with van der Waals surface area (Å²) in [4.78, 5) is 0. The van der Waals surface area contributed by atoms with Crippen molar-refractivity contribution in [3.05, 3.63) is 5.92 Å². The van der Waals surface area contributed by atoms with Crippen LogP contribution >= 0.6 is 0 Å². The van der Waals surface area contributed by atoms with Crippen molar-refractivity contribution in [2.75, 3.05) is 13.2 Å². The van der Waals surface area contributed by atoms with Gasteiger partial charge in [0, 0.05) is 0 Å². The molecule has 1 atom stereocenters. The van der Waals surface area contributed by atoms with E-state index in [1.54, 1.807) is 0 Å². The number of hydrogen-bond donors (Lipinski definition) is 0. The van der Waals surface area contributed by atoms with Crippen LogP contribution in [0, 0.1) is 11.8 Å². The van der Waals surface area contributed by atoms with Gasteiger partial charge in [-0.3, -0.25) is 0 Å². The molecule has 2 fully saturated rings. The van der Waals surface area contributed by atoms with E-state index in [0.717, 1.165) is 32.0 Å². The van der Waals surface area contributed by atoms with Gasteiger partial charge in [0.2, 0.25) is 0 Å². The first-order chi connectivity index (χ1) is 5.70. The van der Waals surface area contributed by atoms with Crippen molar-refractivity contribution in [1.82, 2.24) is 0 Å². The molecule has 0 aromatic rings. The van der Waals surface area contributed by atoms with Gasteiger partial charge in [-0.2, -0.15) is 13.3 Å². The van der Waals surface area contributed by atoms with Gasteiger partial charge in [-0.15, -0.1) is 6.42 Å². The third-order valence-corrected chi connectivity index (χ3v) is 2.74. The van der Waals surface area contributed by atoms with Crippen molar-refractivity contribution >= 4 is 0 Å². The van der Waals surface area contributed by atoms with Crippen molar-refractivity contribution in [2.24, 2.45) is 5.92 Å². The molecule has 1 unspecified atom stereocenters. The monoisotopic (exact) mass is 258 g/mol. The Kier molecular flexibility index (Phi) is 4.37. The summed E-state index contributed by atoms with van der Waals surface area (Å²) in [6, 6.07) is 0. The van der Waals surface area contributed by atoms with E-state index in [0.29, 0.717) is 0 Å². The second kappa shape index (κ2) is 4.70. The Morgan fingerprint density at radius 1 is 1.31 bits per heavy atom. The smallest absolute Gasteiger partial charge is 0.350 e. The van der Waals surface area contributed by atoms with Crippen LogP contribution in [0.1, 0.15) is 33.1 Å². The zero-order valence-corrected chi connectivity index (χ0v) is 11.3. The number of hydrogen-bond acceptors (Lipinski definition) is 2. The zero-order valence-electron chi connectivity index (χ0n) is 8.51. The van der Waals surface area contributed by atoms with Crippen LogP contribution in [0.15, 0.2) is 0 Å². The molecule has 1 saturated heterocycles. The van der Waals surface area contributed by atoms with Crippen LogP contribution in [-0.2, 0) is 42.2 Å². The summed E-state index contributed by atoms with van der Waals surface area (Å²) in [6.07, 6.45) is 3.33. The number of ether oxygens (including phenoxy) is 2. The molecule has 70 valence electrons. The molecule has 0 radical (unpaired) electrons. The van der Waals surface area contributed by atoms with Gasteiger partial charge in [0.05, 0.1) is 13.2 Å². The third kappa shape index (κ3) is 2.74. The van der Waals surface area contributed by atoms with Crippen molar-refractivity contribution in [3.8, 4) is 0 Å². The Balaban J connectivity index is 0.000000845. The van der Waals surface area contributed by atoms with Crippen molar-refractivity contribution in [3.63, 3.8) is 0 Å². The van der Waals surface area contributed by atoms with E-state index >= 15 is 0 Å². The standard InChI is InChI=1S/C10H17O2.Y/c1-8-5-9(2)7-10(6-8)11-3-4-12-10;/h8H,3-7H2,1-2H3;/q-1;+3. The summed E-state index contributed by atoms with van der Waals surface area (Å²) in [5.41, 5.74) is 0. The van der Waals surface area contributed by atoms with Crippen LogP contribution < -0.4 is 0 Å².